The number of carbonyl (C=O) groups is 3. The summed E-state index contributed by atoms with van der Waals surface area (Å²) >= 11 is 1.59. The van der Waals surface area contributed by atoms with Gasteiger partial charge in [0.25, 0.3) is 0 Å². The molecule has 3 heterocycles. The number of nitrogens with one attached hydrogen (secondary N) is 3. The fourth-order valence-corrected chi connectivity index (χ4v) is 7.34. The van der Waals surface area contributed by atoms with Crippen LogP contribution >= 0.6 is 11.3 Å². The van der Waals surface area contributed by atoms with Gasteiger partial charge in [0.2, 0.25) is 17.7 Å². The topological polar surface area (TPSA) is 160 Å². The standard InChI is InChI=1S/C37H59N7O6S/c1-26-33(51-25-40-26)28-12-10-27(11-13-28)21-39-35(48)30-20-29(45)22-44(30)36(49)34(37(2,3)4)41-32(47)24-50-19-9-7-6-8-14-38-31(46)23-43-17-15-42(5)16-18-43/h10-13,25,29-30,34,36,45,49H,6-9,14-24H2,1-5H3,(H,38,46)(H,39,48)(H,41,47)/t29-,30+,34-,36?/m1/s1. The van der Waals surface area contributed by atoms with Gasteiger partial charge in [-0.2, -0.15) is 0 Å². The van der Waals surface area contributed by atoms with Crippen LogP contribution in [0.25, 0.3) is 10.4 Å². The number of amides is 3. The number of likely N-dealkylation sites (N-methyl/N-ethyl adjacent to an activating group) is 1. The van der Waals surface area contributed by atoms with Crippen molar-refractivity contribution in [2.45, 2.75) is 90.8 Å². The molecule has 13 nitrogen and oxygen atoms in total. The number of aliphatic hydroxyl groups is 2. The highest BCUT2D eigenvalue weighted by atomic mass is 32.1. The van der Waals surface area contributed by atoms with E-state index in [4.69, 9.17) is 4.74 Å². The smallest absolute Gasteiger partial charge is 0.246 e. The zero-order valence-corrected chi connectivity index (χ0v) is 31.8. The molecule has 2 saturated heterocycles. The number of aromatic nitrogens is 1. The van der Waals surface area contributed by atoms with Crippen molar-refractivity contribution < 1.29 is 29.3 Å². The van der Waals surface area contributed by atoms with Crippen LogP contribution in [0.2, 0.25) is 0 Å². The second-order valence-electron chi connectivity index (χ2n) is 15.0. The molecule has 2 aliphatic rings. The zero-order chi connectivity index (χ0) is 37.0. The number of rotatable bonds is 18. The van der Waals surface area contributed by atoms with Crippen LogP contribution in [0, 0.1) is 12.3 Å². The number of benzene rings is 1. The Hall–Kier alpha value is -2.98. The van der Waals surface area contributed by atoms with Gasteiger partial charge in [0.05, 0.1) is 40.8 Å². The number of piperazine rings is 1. The van der Waals surface area contributed by atoms with E-state index in [2.05, 4.69) is 37.8 Å². The molecule has 14 heteroatoms. The van der Waals surface area contributed by atoms with Crippen LogP contribution in [0.4, 0.5) is 0 Å². The van der Waals surface area contributed by atoms with E-state index in [1.165, 1.54) is 0 Å². The number of aryl methyl sites for hydroxylation is 1. The fourth-order valence-electron chi connectivity index (χ4n) is 6.53. The molecular formula is C37H59N7O6S. The molecule has 51 heavy (non-hydrogen) atoms. The van der Waals surface area contributed by atoms with Crippen molar-refractivity contribution in [2.75, 3.05) is 66.1 Å². The highest BCUT2D eigenvalue weighted by Crippen LogP contribution is 2.29. The molecule has 2 aromatic rings. The van der Waals surface area contributed by atoms with Crippen molar-refractivity contribution in [2.24, 2.45) is 5.41 Å². The maximum Gasteiger partial charge on any atom is 0.246 e. The van der Waals surface area contributed by atoms with Crippen LogP contribution in [0.15, 0.2) is 29.8 Å². The van der Waals surface area contributed by atoms with Crippen LogP contribution in [0.3, 0.4) is 0 Å². The van der Waals surface area contributed by atoms with Crippen LogP contribution in [-0.4, -0.2) is 138 Å². The molecule has 4 rings (SSSR count). The van der Waals surface area contributed by atoms with E-state index in [1.54, 1.807) is 16.2 Å². The number of hydrogen-bond donors (Lipinski definition) is 5. The SMILES string of the molecule is Cc1ncsc1-c1ccc(CNC(=O)[C@@H]2C[C@@H](O)CN2C(O)[C@@H](NC(=O)COCCCCCCNC(=O)CN2CCN(C)CC2)C(C)(C)C)cc1. The van der Waals surface area contributed by atoms with Gasteiger partial charge in [0, 0.05) is 52.4 Å². The number of carbonyl (C=O) groups excluding carboxylic acids is 3. The lowest BCUT2D eigenvalue weighted by Crippen LogP contribution is -2.60. The molecule has 2 fully saturated rings. The van der Waals surface area contributed by atoms with Gasteiger partial charge in [0.15, 0.2) is 0 Å². The van der Waals surface area contributed by atoms with Gasteiger partial charge in [0.1, 0.15) is 12.8 Å². The van der Waals surface area contributed by atoms with E-state index >= 15 is 0 Å². The normalized spacial score (nSPS) is 20.2. The summed E-state index contributed by atoms with van der Waals surface area (Å²) < 4.78 is 5.64. The number of likely N-dealkylation sites (tertiary alicyclic amines) is 1. The molecular weight excluding hydrogens is 671 g/mol. The van der Waals surface area contributed by atoms with Gasteiger partial charge in [-0.05, 0) is 49.8 Å². The van der Waals surface area contributed by atoms with Crippen LogP contribution < -0.4 is 16.0 Å². The molecule has 5 N–H and O–H groups in total. The highest BCUT2D eigenvalue weighted by Gasteiger charge is 2.45. The quantitative estimate of drug-likeness (QED) is 0.144. The Morgan fingerprint density at radius 3 is 2.39 bits per heavy atom. The first-order valence-electron chi connectivity index (χ1n) is 18.3. The maximum atomic E-state index is 13.4. The summed E-state index contributed by atoms with van der Waals surface area (Å²) in [5, 5.41) is 31.0. The van der Waals surface area contributed by atoms with Gasteiger partial charge < -0.3 is 35.8 Å². The van der Waals surface area contributed by atoms with E-state index in [0.29, 0.717) is 26.2 Å². The molecule has 1 unspecified atom stereocenters. The summed E-state index contributed by atoms with van der Waals surface area (Å²) in [7, 11) is 2.10. The van der Waals surface area contributed by atoms with E-state index < -0.39 is 29.8 Å². The Morgan fingerprint density at radius 2 is 1.73 bits per heavy atom. The average molecular weight is 730 g/mol. The molecule has 284 valence electrons. The van der Waals surface area contributed by atoms with E-state index in [0.717, 1.165) is 73.6 Å². The summed E-state index contributed by atoms with van der Waals surface area (Å²) in [5.41, 5.74) is 4.26. The van der Waals surface area contributed by atoms with Gasteiger partial charge in [-0.25, -0.2) is 4.98 Å². The Labute approximate surface area is 307 Å². The lowest BCUT2D eigenvalue weighted by atomic mass is 9.85. The minimum Gasteiger partial charge on any atom is -0.392 e. The third-order valence-corrected chi connectivity index (χ3v) is 10.6. The van der Waals surface area contributed by atoms with Crippen LogP contribution in [0.5, 0.6) is 0 Å². The number of ether oxygens (including phenoxy) is 1. The first kappa shape index (κ1) is 40.8. The van der Waals surface area contributed by atoms with Crippen molar-refractivity contribution in [1.82, 2.24) is 35.6 Å². The maximum absolute atomic E-state index is 13.4. The Balaban J connectivity index is 1.15. The van der Waals surface area contributed by atoms with E-state index in [-0.39, 0.29) is 37.3 Å². The molecule has 0 spiro atoms. The Morgan fingerprint density at radius 1 is 1.02 bits per heavy atom. The second-order valence-corrected chi connectivity index (χ2v) is 15.9. The first-order valence-corrected chi connectivity index (χ1v) is 19.1. The van der Waals surface area contributed by atoms with E-state index in [9.17, 15) is 24.6 Å². The molecule has 0 aliphatic carbocycles. The minimum absolute atomic E-state index is 0.0764. The predicted octanol–water partition coefficient (Wildman–Crippen LogP) is 1.96. The number of thiazole rings is 1. The zero-order valence-electron chi connectivity index (χ0n) is 31.0. The summed E-state index contributed by atoms with van der Waals surface area (Å²) in [4.78, 5) is 50.0. The summed E-state index contributed by atoms with van der Waals surface area (Å²) in [6, 6.07) is 6.49. The largest absolute Gasteiger partial charge is 0.392 e. The summed E-state index contributed by atoms with van der Waals surface area (Å²) in [6.07, 6.45) is 1.78. The Kier molecular flexibility index (Phi) is 15.8. The first-order chi connectivity index (χ1) is 24.3. The fraction of sp³-hybridized carbons (Fsp3) is 0.676. The molecule has 1 aromatic heterocycles. The number of unbranched alkanes of at least 4 members (excludes halogenated alkanes) is 3. The average Bonchev–Trinajstić information content (AvgIpc) is 3.71. The number of β-amino-alcohol motifs (C(OH)–C–C–N with tert-alkyl or cyclic N) is 1. The lowest BCUT2D eigenvalue weighted by molar-refractivity contribution is -0.136. The van der Waals surface area contributed by atoms with Crippen LogP contribution in [-0.2, 0) is 25.7 Å². The predicted molar refractivity (Wildman–Crippen MR) is 199 cm³/mol. The molecule has 1 aromatic carbocycles. The second kappa shape index (κ2) is 19.7. The number of nitrogens with zero attached hydrogens (tertiary/aromatic N) is 4. The van der Waals surface area contributed by atoms with Crippen molar-refractivity contribution in [3.63, 3.8) is 0 Å². The number of aliphatic hydroxyl groups excluding tert-OH is 2. The monoisotopic (exact) mass is 729 g/mol. The molecule has 0 bridgehead atoms. The summed E-state index contributed by atoms with van der Waals surface area (Å²) in [6.45, 7) is 13.4. The molecule has 0 saturated carbocycles. The van der Waals surface area contributed by atoms with Gasteiger partial charge in [-0.1, -0.05) is 57.9 Å². The molecule has 3 amide bonds. The van der Waals surface area contributed by atoms with Gasteiger partial charge in [-0.15, -0.1) is 11.3 Å². The van der Waals surface area contributed by atoms with Crippen molar-refractivity contribution in [1.29, 1.82) is 0 Å². The van der Waals surface area contributed by atoms with Gasteiger partial charge in [-0.3, -0.25) is 24.2 Å². The van der Waals surface area contributed by atoms with Crippen molar-refractivity contribution >= 4 is 29.1 Å². The van der Waals surface area contributed by atoms with Gasteiger partial charge >= 0.3 is 0 Å². The van der Waals surface area contributed by atoms with Crippen LogP contribution in [0.1, 0.15) is 64.1 Å². The molecule has 2 aliphatic heterocycles. The molecule has 4 atom stereocenters. The van der Waals surface area contributed by atoms with Crippen molar-refractivity contribution in [3.8, 4) is 10.4 Å². The minimum atomic E-state index is -1.20. The third kappa shape index (κ3) is 12.9. The highest BCUT2D eigenvalue weighted by molar-refractivity contribution is 7.13. The van der Waals surface area contributed by atoms with Crippen molar-refractivity contribution in [3.05, 3.63) is 41.0 Å². The molecule has 0 radical (unpaired) electrons. The number of hydrogen-bond acceptors (Lipinski definition) is 11. The Bertz CT molecular complexity index is 1390. The van der Waals surface area contributed by atoms with E-state index in [1.807, 2.05) is 57.5 Å². The lowest BCUT2D eigenvalue weighted by Gasteiger charge is -2.40. The summed E-state index contributed by atoms with van der Waals surface area (Å²) in [5.74, 6) is -0.564. The third-order valence-electron chi connectivity index (χ3n) is 9.67.